The number of aromatic nitrogens is 4. The fourth-order valence-electron chi connectivity index (χ4n) is 4.12. The minimum absolute atomic E-state index is 0.448. The average molecular weight is 351 g/mol. The van der Waals surface area contributed by atoms with E-state index in [-0.39, 0.29) is 0 Å². The second-order valence-electron chi connectivity index (χ2n) is 7.48. The monoisotopic (exact) mass is 351 g/mol. The zero-order valence-electron chi connectivity index (χ0n) is 15.0. The minimum atomic E-state index is -0.706. The lowest BCUT2D eigenvalue weighted by molar-refractivity contribution is -0.0279. The van der Waals surface area contributed by atoms with Crippen LogP contribution in [0.1, 0.15) is 62.2 Å². The first kappa shape index (κ1) is 15.5. The molecule has 1 saturated carbocycles. The maximum absolute atomic E-state index is 5.67. The number of nitrogens with zero attached hydrogens (tertiary/aromatic N) is 5. The van der Waals surface area contributed by atoms with E-state index >= 15 is 0 Å². The number of benzene rings is 1. The van der Waals surface area contributed by atoms with Gasteiger partial charge in [0.2, 0.25) is 12.0 Å². The second kappa shape index (κ2) is 5.65. The Bertz CT molecular complexity index is 985. The third kappa shape index (κ3) is 2.34. The van der Waals surface area contributed by atoms with E-state index < -0.39 is 5.60 Å². The van der Waals surface area contributed by atoms with Crippen LogP contribution in [-0.4, -0.2) is 25.7 Å². The van der Waals surface area contributed by atoms with Crippen molar-refractivity contribution >= 4 is 16.6 Å². The Kier molecular flexibility index (Phi) is 3.38. The molecule has 3 heterocycles. The maximum Gasteiger partial charge on any atom is 0.262 e. The van der Waals surface area contributed by atoms with E-state index in [4.69, 9.17) is 14.4 Å². The maximum atomic E-state index is 5.67. The molecule has 1 aliphatic carbocycles. The topological polar surface area (TPSA) is 78.3 Å². The van der Waals surface area contributed by atoms with E-state index in [2.05, 4.69) is 45.2 Å². The molecule has 1 fully saturated rings. The summed E-state index contributed by atoms with van der Waals surface area (Å²) in [6.07, 6.45) is 6.90. The zero-order valence-corrected chi connectivity index (χ0v) is 15.0. The minimum Gasteiger partial charge on any atom is -0.424 e. The quantitative estimate of drug-likeness (QED) is 0.715. The molecule has 0 radical (unpaired) electrons. The van der Waals surface area contributed by atoms with E-state index in [0.717, 1.165) is 17.0 Å². The molecular formula is C19H21N5O2. The van der Waals surface area contributed by atoms with Gasteiger partial charge in [-0.3, -0.25) is 4.68 Å². The average Bonchev–Trinajstić information content (AvgIpc) is 3.42. The van der Waals surface area contributed by atoms with Gasteiger partial charge in [0.15, 0.2) is 0 Å². The lowest BCUT2D eigenvalue weighted by Crippen LogP contribution is -2.22. The first-order chi connectivity index (χ1) is 12.6. The molecule has 2 aromatic heterocycles. The van der Waals surface area contributed by atoms with Crippen molar-refractivity contribution in [3.63, 3.8) is 0 Å². The molecule has 1 aromatic carbocycles. The van der Waals surface area contributed by atoms with Crippen LogP contribution in [-0.2, 0) is 10.4 Å². The Morgan fingerprint density at radius 3 is 2.85 bits per heavy atom. The van der Waals surface area contributed by atoms with E-state index in [9.17, 15) is 0 Å². The van der Waals surface area contributed by atoms with E-state index in [0.29, 0.717) is 18.4 Å². The Hall–Kier alpha value is -2.70. The molecule has 7 nitrogen and oxygen atoms in total. The Morgan fingerprint density at radius 2 is 2.08 bits per heavy atom. The highest BCUT2D eigenvalue weighted by molar-refractivity contribution is 6.04. The SMILES string of the molecule is Cc1nn(C2CCCC2)c2cc(C3=NOC(C)(c4nnco4)C3)ccc12. The van der Waals surface area contributed by atoms with Crippen molar-refractivity contribution in [1.82, 2.24) is 20.0 Å². The number of hydrogen-bond acceptors (Lipinski definition) is 6. The van der Waals surface area contributed by atoms with Gasteiger partial charge in [-0.2, -0.15) is 5.10 Å². The largest absolute Gasteiger partial charge is 0.424 e. The Labute approximate surface area is 151 Å². The zero-order chi connectivity index (χ0) is 17.7. The lowest BCUT2D eigenvalue weighted by atomic mass is 9.95. The van der Waals surface area contributed by atoms with Gasteiger partial charge in [-0.05, 0) is 32.8 Å². The predicted molar refractivity (Wildman–Crippen MR) is 95.9 cm³/mol. The van der Waals surface area contributed by atoms with Crippen LogP contribution in [0.2, 0.25) is 0 Å². The number of hydrogen-bond donors (Lipinski definition) is 0. The van der Waals surface area contributed by atoms with Crippen molar-refractivity contribution in [2.75, 3.05) is 0 Å². The fourth-order valence-corrected chi connectivity index (χ4v) is 4.12. The molecule has 7 heteroatoms. The summed E-state index contributed by atoms with van der Waals surface area (Å²) in [7, 11) is 0. The second-order valence-corrected chi connectivity index (χ2v) is 7.48. The van der Waals surface area contributed by atoms with Gasteiger partial charge in [0.25, 0.3) is 5.89 Å². The smallest absolute Gasteiger partial charge is 0.262 e. The van der Waals surface area contributed by atoms with Crippen LogP contribution in [0.4, 0.5) is 0 Å². The Morgan fingerprint density at radius 1 is 1.23 bits per heavy atom. The molecule has 0 N–H and O–H groups in total. The van der Waals surface area contributed by atoms with Crippen LogP contribution in [0, 0.1) is 6.92 Å². The van der Waals surface area contributed by atoms with Crippen molar-refractivity contribution < 1.29 is 9.25 Å². The highest BCUT2D eigenvalue weighted by atomic mass is 16.7. The molecule has 5 rings (SSSR count). The van der Waals surface area contributed by atoms with E-state index in [1.807, 2.05) is 6.92 Å². The third-order valence-corrected chi connectivity index (χ3v) is 5.57. The van der Waals surface area contributed by atoms with Gasteiger partial charge in [0, 0.05) is 17.4 Å². The van der Waals surface area contributed by atoms with E-state index in [1.165, 1.54) is 43.0 Å². The van der Waals surface area contributed by atoms with Crippen LogP contribution in [0.3, 0.4) is 0 Å². The highest BCUT2D eigenvalue weighted by Gasteiger charge is 2.41. The molecule has 2 aliphatic rings. The van der Waals surface area contributed by atoms with Gasteiger partial charge in [0.1, 0.15) is 0 Å². The van der Waals surface area contributed by atoms with E-state index in [1.54, 1.807) is 0 Å². The van der Waals surface area contributed by atoms with Crippen molar-refractivity contribution in [2.24, 2.45) is 5.16 Å². The van der Waals surface area contributed by atoms with Crippen molar-refractivity contribution in [1.29, 1.82) is 0 Å². The number of fused-ring (bicyclic) bond motifs is 1. The van der Waals surface area contributed by atoms with Crippen molar-refractivity contribution in [3.05, 3.63) is 41.7 Å². The van der Waals surface area contributed by atoms with Crippen molar-refractivity contribution in [2.45, 2.75) is 57.6 Å². The summed E-state index contributed by atoms with van der Waals surface area (Å²) in [4.78, 5) is 5.67. The number of aryl methyl sites for hydroxylation is 1. The highest BCUT2D eigenvalue weighted by Crippen LogP contribution is 2.36. The van der Waals surface area contributed by atoms with Gasteiger partial charge < -0.3 is 9.25 Å². The molecule has 3 aromatic rings. The first-order valence-corrected chi connectivity index (χ1v) is 9.15. The third-order valence-electron chi connectivity index (χ3n) is 5.57. The normalized spacial score (nSPS) is 23.5. The molecule has 0 bridgehead atoms. The predicted octanol–water partition coefficient (Wildman–Crippen LogP) is 3.88. The molecular weight excluding hydrogens is 330 g/mol. The molecule has 0 amide bonds. The molecule has 1 atom stereocenters. The fraction of sp³-hybridized carbons (Fsp3) is 0.474. The van der Waals surface area contributed by atoms with Crippen LogP contribution in [0.5, 0.6) is 0 Å². The summed E-state index contributed by atoms with van der Waals surface area (Å²) in [5.41, 5.74) is 3.51. The summed E-state index contributed by atoms with van der Waals surface area (Å²) < 4.78 is 7.55. The van der Waals surface area contributed by atoms with Crippen LogP contribution in [0.15, 0.2) is 34.2 Å². The molecule has 0 spiro atoms. The van der Waals surface area contributed by atoms with Gasteiger partial charge in [-0.15, -0.1) is 10.2 Å². The van der Waals surface area contributed by atoms with Crippen LogP contribution >= 0.6 is 0 Å². The van der Waals surface area contributed by atoms with Gasteiger partial charge in [0.05, 0.1) is 23.0 Å². The molecule has 1 aliphatic heterocycles. The molecule has 134 valence electrons. The summed E-state index contributed by atoms with van der Waals surface area (Å²) in [5.74, 6) is 0.448. The van der Waals surface area contributed by atoms with Gasteiger partial charge in [-0.25, -0.2) is 0 Å². The number of oxime groups is 1. The lowest BCUT2D eigenvalue weighted by Gasteiger charge is -2.15. The first-order valence-electron chi connectivity index (χ1n) is 9.15. The number of rotatable bonds is 3. The van der Waals surface area contributed by atoms with Gasteiger partial charge >= 0.3 is 0 Å². The molecule has 1 unspecified atom stereocenters. The Balaban J connectivity index is 1.51. The summed E-state index contributed by atoms with van der Waals surface area (Å²) in [5, 5.41) is 18.1. The summed E-state index contributed by atoms with van der Waals surface area (Å²) in [6, 6.07) is 6.93. The van der Waals surface area contributed by atoms with Crippen LogP contribution < -0.4 is 0 Å². The summed E-state index contributed by atoms with van der Waals surface area (Å²) in [6.45, 7) is 4.00. The molecule has 0 saturated heterocycles. The standard InChI is InChI=1S/C19H21N5O2/c1-12-15-8-7-13(9-17(15)24(22-12)14-5-3-4-6-14)16-10-19(2,26-23-16)18-21-20-11-25-18/h7-9,11,14H,3-6,10H2,1-2H3. The molecule has 26 heavy (non-hydrogen) atoms. The van der Waals surface area contributed by atoms with Crippen molar-refractivity contribution in [3.8, 4) is 0 Å². The van der Waals surface area contributed by atoms with Gasteiger partial charge in [-0.1, -0.05) is 30.1 Å². The summed E-state index contributed by atoms with van der Waals surface area (Å²) >= 11 is 0. The van der Waals surface area contributed by atoms with Crippen LogP contribution in [0.25, 0.3) is 10.9 Å².